The Morgan fingerprint density at radius 1 is 0.636 bits per heavy atom. The van der Waals surface area contributed by atoms with Crippen molar-refractivity contribution in [3.8, 4) is 28.7 Å². The van der Waals surface area contributed by atoms with E-state index in [0.717, 1.165) is 33.8 Å². The number of hydrogen-bond donors (Lipinski definition) is 3. The third kappa shape index (κ3) is 4.44. The maximum atomic E-state index is 10.3. The predicted molar refractivity (Wildman–Crippen MR) is 132 cm³/mol. The van der Waals surface area contributed by atoms with Crippen molar-refractivity contribution in [3.05, 3.63) is 95.1 Å². The first-order valence-electron chi connectivity index (χ1n) is 10.7. The number of aryl methyl sites for hydroxylation is 3. The number of phenolic OH excluding ortho intramolecular Hbond substituents is 3. The molecule has 0 spiro atoms. The molecule has 3 N–H and O–H groups in total. The zero-order chi connectivity index (χ0) is 23.7. The average molecular weight is 442 g/mol. The Balaban J connectivity index is 1.84. The molecule has 33 heavy (non-hydrogen) atoms. The molecule has 0 aliphatic heterocycles. The minimum Gasteiger partial charge on any atom is -0.508 e. The van der Waals surface area contributed by atoms with Gasteiger partial charge in [0.1, 0.15) is 28.7 Å². The van der Waals surface area contributed by atoms with E-state index in [2.05, 4.69) is 0 Å². The first kappa shape index (κ1) is 22.1. The van der Waals surface area contributed by atoms with Gasteiger partial charge >= 0.3 is 0 Å². The summed E-state index contributed by atoms with van der Waals surface area (Å²) in [6, 6.07) is 21.7. The molecule has 4 aromatic carbocycles. The summed E-state index contributed by atoms with van der Waals surface area (Å²) in [6.45, 7) is 7.61. The van der Waals surface area contributed by atoms with Crippen LogP contribution in [0.1, 0.15) is 22.3 Å². The van der Waals surface area contributed by atoms with E-state index in [0.29, 0.717) is 17.1 Å². The Morgan fingerprint density at radius 2 is 1.21 bits per heavy atom. The van der Waals surface area contributed by atoms with E-state index >= 15 is 0 Å². The maximum absolute atomic E-state index is 10.3. The summed E-state index contributed by atoms with van der Waals surface area (Å²) in [5, 5.41) is 30.7. The fourth-order valence-electron chi connectivity index (χ4n) is 3.83. The highest BCUT2D eigenvalue weighted by Crippen LogP contribution is 2.42. The van der Waals surface area contributed by atoms with Crippen molar-refractivity contribution in [2.45, 2.75) is 27.7 Å². The molecule has 5 nitrogen and oxygen atoms in total. The summed E-state index contributed by atoms with van der Waals surface area (Å²) in [7, 11) is 0. The lowest BCUT2D eigenvalue weighted by molar-refractivity contribution is 0.445. The third-order valence-corrected chi connectivity index (χ3v) is 5.75. The zero-order valence-electron chi connectivity index (χ0n) is 19.1. The van der Waals surface area contributed by atoms with Crippen molar-refractivity contribution in [3.63, 3.8) is 0 Å². The molecule has 0 unspecified atom stereocenters. The quantitative estimate of drug-likeness (QED) is 0.303. The molecule has 0 amide bonds. The van der Waals surface area contributed by atoms with Gasteiger partial charge in [0.05, 0.1) is 11.4 Å². The Labute approximate surface area is 193 Å². The van der Waals surface area contributed by atoms with Crippen molar-refractivity contribution in [1.82, 2.24) is 0 Å². The minimum absolute atomic E-state index is 0.150. The molecule has 0 aromatic heterocycles. The van der Waals surface area contributed by atoms with E-state index < -0.39 is 0 Å². The van der Waals surface area contributed by atoms with Gasteiger partial charge in [-0.1, -0.05) is 24.3 Å². The molecule has 0 bridgehead atoms. The normalized spacial score (nSPS) is 10.8. The van der Waals surface area contributed by atoms with Gasteiger partial charge in [-0.25, -0.2) is 0 Å². The van der Waals surface area contributed by atoms with Crippen LogP contribution in [0.15, 0.2) is 72.8 Å². The van der Waals surface area contributed by atoms with Gasteiger partial charge in [-0.05, 0) is 74.7 Å². The second kappa shape index (κ2) is 8.79. The number of ether oxygens (including phenoxy) is 1. The average Bonchev–Trinajstić information content (AvgIpc) is 2.79. The zero-order valence-corrected chi connectivity index (χ0v) is 19.1. The molecule has 168 valence electrons. The van der Waals surface area contributed by atoms with Crippen LogP contribution in [-0.4, -0.2) is 15.3 Å². The molecule has 0 saturated carbocycles. The summed E-state index contributed by atoms with van der Waals surface area (Å²) in [5.41, 5.74) is 5.74. The van der Waals surface area contributed by atoms with Crippen LogP contribution in [0, 0.1) is 27.7 Å². The van der Waals surface area contributed by atoms with Crippen molar-refractivity contribution in [2.24, 2.45) is 0 Å². The molecular formula is C28H27NO4. The maximum Gasteiger partial charge on any atom is 0.134 e. The largest absolute Gasteiger partial charge is 0.508 e. The molecular weight excluding hydrogens is 414 g/mol. The summed E-state index contributed by atoms with van der Waals surface area (Å²) in [5.74, 6) is 1.69. The van der Waals surface area contributed by atoms with Gasteiger partial charge in [-0.3, -0.25) is 0 Å². The lowest BCUT2D eigenvalue weighted by Crippen LogP contribution is -2.12. The van der Waals surface area contributed by atoms with Crippen molar-refractivity contribution < 1.29 is 20.1 Å². The second-order valence-electron chi connectivity index (χ2n) is 8.23. The van der Waals surface area contributed by atoms with Crippen molar-refractivity contribution >= 4 is 17.1 Å². The number of hydrogen-bond acceptors (Lipinski definition) is 5. The summed E-state index contributed by atoms with van der Waals surface area (Å²) >= 11 is 0. The van der Waals surface area contributed by atoms with E-state index in [1.54, 1.807) is 24.3 Å². The van der Waals surface area contributed by atoms with E-state index in [-0.39, 0.29) is 17.2 Å². The Bertz CT molecular complexity index is 1280. The van der Waals surface area contributed by atoms with Gasteiger partial charge < -0.3 is 25.0 Å². The van der Waals surface area contributed by atoms with Crippen LogP contribution < -0.4 is 9.64 Å². The van der Waals surface area contributed by atoms with E-state index in [4.69, 9.17) is 4.74 Å². The third-order valence-electron chi connectivity index (χ3n) is 5.75. The van der Waals surface area contributed by atoms with E-state index in [9.17, 15) is 15.3 Å². The van der Waals surface area contributed by atoms with Crippen molar-refractivity contribution in [2.75, 3.05) is 4.90 Å². The number of benzene rings is 4. The fourth-order valence-corrected chi connectivity index (χ4v) is 3.83. The fraction of sp³-hybridized carbons (Fsp3) is 0.143. The first-order valence-corrected chi connectivity index (χ1v) is 10.7. The van der Waals surface area contributed by atoms with Crippen LogP contribution in [0.25, 0.3) is 0 Å². The van der Waals surface area contributed by atoms with Gasteiger partial charge in [0.15, 0.2) is 0 Å². The summed E-state index contributed by atoms with van der Waals surface area (Å²) in [4.78, 5) is 1.98. The number of aromatic hydroxyl groups is 3. The highest BCUT2D eigenvalue weighted by molar-refractivity contribution is 5.81. The van der Waals surface area contributed by atoms with Gasteiger partial charge in [0.25, 0.3) is 0 Å². The molecule has 0 saturated heterocycles. The van der Waals surface area contributed by atoms with E-state index in [1.807, 2.05) is 81.1 Å². The van der Waals surface area contributed by atoms with Gasteiger partial charge in [0.2, 0.25) is 0 Å². The number of rotatable bonds is 5. The number of anilines is 3. The molecule has 0 fully saturated rings. The first-order chi connectivity index (χ1) is 15.7. The molecule has 0 atom stereocenters. The molecule has 0 aliphatic carbocycles. The van der Waals surface area contributed by atoms with Crippen LogP contribution in [0.2, 0.25) is 0 Å². The Morgan fingerprint density at radius 3 is 1.82 bits per heavy atom. The van der Waals surface area contributed by atoms with Gasteiger partial charge in [-0.2, -0.15) is 0 Å². The SMILES string of the molecule is Cc1ccc(O)cc1N(c1cccc(Oc2ccc(C)c(O)c2C)c1)c1cc(O)ccc1C. The van der Waals surface area contributed by atoms with Crippen LogP contribution in [0.4, 0.5) is 17.1 Å². The van der Waals surface area contributed by atoms with Crippen LogP contribution in [-0.2, 0) is 0 Å². The standard InChI is InChI=1S/C28H27NO4/c1-17-8-11-22(30)15-25(17)29(26-16-23(31)12-9-18(26)2)21-6-5-7-24(14-21)33-27-13-10-19(3)28(32)20(27)4/h5-16,30-32H,1-4H3. The van der Waals surface area contributed by atoms with Gasteiger partial charge in [0, 0.05) is 29.4 Å². The molecule has 5 heteroatoms. The topological polar surface area (TPSA) is 73.2 Å². The highest BCUT2D eigenvalue weighted by atomic mass is 16.5. The summed E-state index contributed by atoms with van der Waals surface area (Å²) < 4.78 is 6.13. The van der Waals surface area contributed by atoms with Crippen LogP contribution >= 0.6 is 0 Å². The van der Waals surface area contributed by atoms with Crippen LogP contribution in [0.5, 0.6) is 28.7 Å². The summed E-state index contributed by atoms with van der Waals surface area (Å²) in [6.07, 6.45) is 0. The molecule has 0 heterocycles. The minimum atomic E-state index is 0.150. The van der Waals surface area contributed by atoms with Gasteiger partial charge in [-0.15, -0.1) is 0 Å². The highest BCUT2D eigenvalue weighted by Gasteiger charge is 2.19. The lowest BCUT2D eigenvalue weighted by atomic mass is 10.1. The Hall–Kier alpha value is -4.12. The molecule has 4 aromatic rings. The van der Waals surface area contributed by atoms with E-state index in [1.165, 1.54) is 0 Å². The monoisotopic (exact) mass is 441 g/mol. The Kier molecular flexibility index (Phi) is 5.88. The number of nitrogens with zero attached hydrogens (tertiary/aromatic N) is 1. The molecule has 0 radical (unpaired) electrons. The second-order valence-corrected chi connectivity index (χ2v) is 8.23. The molecule has 4 rings (SSSR count). The number of phenols is 3. The molecule has 0 aliphatic rings. The van der Waals surface area contributed by atoms with Crippen LogP contribution in [0.3, 0.4) is 0 Å². The lowest BCUT2D eigenvalue weighted by Gasteiger charge is -2.29. The predicted octanol–water partition coefficient (Wildman–Crippen LogP) is 7.30. The van der Waals surface area contributed by atoms with Crippen molar-refractivity contribution in [1.29, 1.82) is 0 Å². The smallest absolute Gasteiger partial charge is 0.134 e.